The Kier molecular flexibility index (Phi) is 6.12. The van der Waals surface area contributed by atoms with E-state index in [0.29, 0.717) is 43.9 Å². The maximum atomic E-state index is 12.7. The van der Waals surface area contributed by atoms with Gasteiger partial charge >= 0.3 is 0 Å². The van der Waals surface area contributed by atoms with Crippen molar-refractivity contribution in [3.63, 3.8) is 0 Å². The summed E-state index contributed by atoms with van der Waals surface area (Å²) >= 11 is 0. The van der Waals surface area contributed by atoms with Crippen molar-refractivity contribution < 1.29 is 9.59 Å². The van der Waals surface area contributed by atoms with Crippen molar-refractivity contribution in [2.75, 3.05) is 31.9 Å². The van der Waals surface area contributed by atoms with E-state index in [1.165, 1.54) is 5.56 Å². The van der Waals surface area contributed by atoms with E-state index in [9.17, 15) is 9.59 Å². The summed E-state index contributed by atoms with van der Waals surface area (Å²) in [7, 11) is 0. The Morgan fingerprint density at radius 1 is 0.963 bits per heavy atom. The molecule has 2 aromatic rings. The molecule has 27 heavy (non-hydrogen) atoms. The zero-order valence-corrected chi connectivity index (χ0v) is 15.9. The molecule has 0 bridgehead atoms. The number of nitrogens with zero attached hydrogens (tertiary/aromatic N) is 2. The van der Waals surface area contributed by atoms with E-state index in [1.807, 2.05) is 41.0 Å². The molecule has 1 heterocycles. The molecule has 0 aliphatic carbocycles. The topological polar surface area (TPSA) is 66.6 Å². The molecule has 1 aliphatic rings. The van der Waals surface area contributed by atoms with Gasteiger partial charge < -0.3 is 15.5 Å². The lowest BCUT2D eigenvalue weighted by atomic mass is 10.1. The molecular formula is C22H27N3O2. The Hall–Kier alpha value is -2.82. The molecule has 0 spiro atoms. The van der Waals surface area contributed by atoms with E-state index in [4.69, 9.17) is 5.73 Å². The Balaban J connectivity index is 1.47. The van der Waals surface area contributed by atoms with Gasteiger partial charge in [0, 0.05) is 43.9 Å². The van der Waals surface area contributed by atoms with Gasteiger partial charge in [-0.1, -0.05) is 36.4 Å². The van der Waals surface area contributed by atoms with Crippen LogP contribution >= 0.6 is 0 Å². The summed E-state index contributed by atoms with van der Waals surface area (Å²) in [6.45, 7) is 4.24. The predicted molar refractivity (Wildman–Crippen MR) is 107 cm³/mol. The van der Waals surface area contributed by atoms with Crippen LogP contribution in [0.1, 0.15) is 34.3 Å². The van der Waals surface area contributed by atoms with E-state index < -0.39 is 0 Å². The number of nitrogens with two attached hydrogens (primary N) is 1. The first-order valence-electron chi connectivity index (χ1n) is 9.51. The molecule has 1 fully saturated rings. The molecule has 3 rings (SSSR count). The number of nitrogen functional groups attached to an aromatic ring is 1. The molecular weight excluding hydrogens is 338 g/mol. The van der Waals surface area contributed by atoms with Gasteiger partial charge in [0.25, 0.3) is 5.91 Å². The monoisotopic (exact) mass is 365 g/mol. The van der Waals surface area contributed by atoms with Crippen LogP contribution in [0.2, 0.25) is 0 Å². The average Bonchev–Trinajstić information content (AvgIpc) is 2.70. The summed E-state index contributed by atoms with van der Waals surface area (Å²) in [5.74, 6) is 0.175. The average molecular weight is 365 g/mol. The molecule has 0 aromatic heterocycles. The number of piperazine rings is 1. The summed E-state index contributed by atoms with van der Waals surface area (Å²) in [4.78, 5) is 28.9. The number of hydrogen-bond acceptors (Lipinski definition) is 3. The fraction of sp³-hybridized carbons (Fsp3) is 0.364. The van der Waals surface area contributed by atoms with Crippen LogP contribution in [0.5, 0.6) is 0 Å². The third-order valence-corrected chi connectivity index (χ3v) is 5.11. The molecule has 0 atom stereocenters. The van der Waals surface area contributed by atoms with E-state index in [2.05, 4.69) is 12.1 Å². The van der Waals surface area contributed by atoms with Crippen molar-refractivity contribution in [3.05, 3.63) is 65.2 Å². The normalized spacial score (nSPS) is 14.3. The van der Waals surface area contributed by atoms with Crippen LogP contribution in [0.4, 0.5) is 5.69 Å². The minimum atomic E-state index is -0.00373. The molecule has 2 N–H and O–H groups in total. The number of anilines is 1. The van der Waals surface area contributed by atoms with Gasteiger partial charge in [-0.25, -0.2) is 0 Å². The van der Waals surface area contributed by atoms with Crippen LogP contribution < -0.4 is 5.73 Å². The van der Waals surface area contributed by atoms with Gasteiger partial charge in [0.05, 0.1) is 0 Å². The number of carbonyl (C=O) groups is 2. The second kappa shape index (κ2) is 8.71. The first-order valence-corrected chi connectivity index (χ1v) is 9.51. The summed E-state index contributed by atoms with van der Waals surface area (Å²) in [5.41, 5.74) is 9.25. The van der Waals surface area contributed by atoms with E-state index in [1.54, 1.807) is 12.1 Å². The third-order valence-electron chi connectivity index (χ3n) is 5.11. The second-order valence-electron chi connectivity index (χ2n) is 7.09. The summed E-state index contributed by atoms with van der Waals surface area (Å²) < 4.78 is 0. The van der Waals surface area contributed by atoms with Crippen LogP contribution in [0.25, 0.3) is 0 Å². The van der Waals surface area contributed by atoms with Crippen molar-refractivity contribution >= 4 is 17.5 Å². The summed E-state index contributed by atoms with van der Waals surface area (Å²) in [5, 5.41) is 0. The standard InChI is InChI=1S/C22H27N3O2/c1-17-10-11-19(23)16-20(17)22(27)25-14-12-24(13-15-25)21(26)9-5-8-18-6-3-2-4-7-18/h2-4,6-7,10-11,16H,5,8-9,12-15,23H2,1H3. The van der Waals surface area contributed by atoms with Gasteiger partial charge in [0.2, 0.25) is 5.91 Å². The number of amides is 2. The van der Waals surface area contributed by atoms with E-state index in [-0.39, 0.29) is 11.8 Å². The number of hydrogen-bond donors (Lipinski definition) is 1. The first-order chi connectivity index (χ1) is 13.0. The molecule has 5 heteroatoms. The van der Waals surface area contributed by atoms with E-state index >= 15 is 0 Å². The maximum absolute atomic E-state index is 12.7. The van der Waals surface area contributed by atoms with Gasteiger partial charge in [0.1, 0.15) is 0 Å². The molecule has 2 aromatic carbocycles. The molecule has 0 saturated carbocycles. The van der Waals surface area contributed by atoms with Crippen LogP contribution in [0.3, 0.4) is 0 Å². The Morgan fingerprint density at radius 3 is 2.33 bits per heavy atom. The summed E-state index contributed by atoms with van der Waals surface area (Å²) in [6, 6.07) is 15.6. The zero-order valence-electron chi connectivity index (χ0n) is 15.9. The van der Waals surface area contributed by atoms with Crippen LogP contribution in [-0.2, 0) is 11.2 Å². The maximum Gasteiger partial charge on any atom is 0.254 e. The smallest absolute Gasteiger partial charge is 0.254 e. The van der Waals surface area contributed by atoms with Crippen molar-refractivity contribution in [3.8, 4) is 0 Å². The highest BCUT2D eigenvalue weighted by Crippen LogP contribution is 2.17. The lowest BCUT2D eigenvalue weighted by Gasteiger charge is -2.35. The van der Waals surface area contributed by atoms with Gasteiger partial charge in [-0.2, -0.15) is 0 Å². The van der Waals surface area contributed by atoms with Crippen LogP contribution in [0.15, 0.2) is 48.5 Å². The fourth-order valence-corrected chi connectivity index (χ4v) is 3.45. The fourth-order valence-electron chi connectivity index (χ4n) is 3.45. The molecule has 0 radical (unpaired) electrons. The summed E-state index contributed by atoms with van der Waals surface area (Å²) in [6.07, 6.45) is 2.32. The molecule has 0 unspecified atom stereocenters. The van der Waals surface area contributed by atoms with Crippen molar-refractivity contribution in [1.82, 2.24) is 9.80 Å². The minimum absolute atomic E-state index is 0.00373. The number of rotatable bonds is 5. The number of carbonyl (C=O) groups excluding carboxylic acids is 2. The van der Waals surface area contributed by atoms with Crippen LogP contribution in [0, 0.1) is 6.92 Å². The first kappa shape index (κ1) is 19.0. The lowest BCUT2D eigenvalue weighted by molar-refractivity contribution is -0.132. The molecule has 2 amide bonds. The number of benzene rings is 2. The number of aryl methyl sites for hydroxylation is 2. The predicted octanol–water partition coefficient (Wildman–Crippen LogP) is 2.88. The largest absolute Gasteiger partial charge is 0.399 e. The highest BCUT2D eigenvalue weighted by atomic mass is 16.2. The highest BCUT2D eigenvalue weighted by Gasteiger charge is 2.25. The Morgan fingerprint density at radius 2 is 1.63 bits per heavy atom. The van der Waals surface area contributed by atoms with E-state index in [0.717, 1.165) is 18.4 Å². The third kappa shape index (κ3) is 4.88. The zero-order chi connectivity index (χ0) is 19.2. The second-order valence-corrected chi connectivity index (χ2v) is 7.09. The van der Waals surface area contributed by atoms with Crippen molar-refractivity contribution in [2.24, 2.45) is 0 Å². The molecule has 1 saturated heterocycles. The Labute approximate surface area is 160 Å². The van der Waals surface area contributed by atoms with Crippen molar-refractivity contribution in [1.29, 1.82) is 0 Å². The Bertz CT molecular complexity index is 796. The minimum Gasteiger partial charge on any atom is -0.399 e. The SMILES string of the molecule is Cc1ccc(N)cc1C(=O)N1CCN(C(=O)CCCc2ccccc2)CC1. The van der Waals surface area contributed by atoms with Gasteiger partial charge in [0.15, 0.2) is 0 Å². The molecule has 142 valence electrons. The quantitative estimate of drug-likeness (QED) is 0.829. The van der Waals surface area contributed by atoms with Gasteiger partial charge in [-0.05, 0) is 43.0 Å². The van der Waals surface area contributed by atoms with Gasteiger partial charge in [-0.3, -0.25) is 9.59 Å². The van der Waals surface area contributed by atoms with Crippen molar-refractivity contribution in [2.45, 2.75) is 26.2 Å². The van der Waals surface area contributed by atoms with Gasteiger partial charge in [-0.15, -0.1) is 0 Å². The lowest BCUT2D eigenvalue weighted by Crippen LogP contribution is -2.50. The van der Waals surface area contributed by atoms with Crippen LogP contribution in [-0.4, -0.2) is 47.8 Å². The molecule has 1 aliphatic heterocycles. The highest BCUT2D eigenvalue weighted by molar-refractivity contribution is 5.96. The molecule has 5 nitrogen and oxygen atoms in total.